The smallest absolute Gasteiger partial charge is 0.103 e. The fourth-order valence-electron chi connectivity index (χ4n) is 4.87. The number of aliphatic hydroxyl groups is 1. The molecular formula is C30H30N4O. The van der Waals surface area contributed by atoms with E-state index in [-0.39, 0.29) is 6.10 Å². The molecule has 1 aliphatic heterocycles. The molecule has 0 saturated carbocycles. The monoisotopic (exact) mass is 462 g/mol. The number of nitrogens with zero attached hydrogens (tertiary/aromatic N) is 3. The molecule has 1 aliphatic rings. The van der Waals surface area contributed by atoms with Crippen molar-refractivity contribution in [2.24, 2.45) is 0 Å². The van der Waals surface area contributed by atoms with Crippen LogP contribution in [0.15, 0.2) is 66.9 Å². The Morgan fingerprint density at radius 1 is 1.03 bits per heavy atom. The Balaban J connectivity index is 1.46. The molecule has 2 N–H and O–H groups in total. The Labute approximate surface area is 206 Å². The normalized spacial score (nSPS) is 14.7. The van der Waals surface area contributed by atoms with Crippen LogP contribution in [-0.4, -0.2) is 34.2 Å². The molecule has 4 aromatic rings. The van der Waals surface area contributed by atoms with E-state index < -0.39 is 0 Å². The van der Waals surface area contributed by atoms with Gasteiger partial charge in [-0.2, -0.15) is 5.26 Å². The number of likely N-dealkylation sites (tertiary alicyclic amines) is 1. The molecule has 5 heteroatoms. The second-order valence-electron chi connectivity index (χ2n) is 9.54. The molecule has 0 spiro atoms. The first-order valence-corrected chi connectivity index (χ1v) is 12.2. The van der Waals surface area contributed by atoms with Gasteiger partial charge in [0.05, 0.1) is 22.9 Å². The Morgan fingerprint density at radius 2 is 1.83 bits per heavy atom. The van der Waals surface area contributed by atoms with Crippen molar-refractivity contribution in [2.75, 3.05) is 18.4 Å². The number of aliphatic hydroxyl groups excluding tert-OH is 1. The van der Waals surface area contributed by atoms with Gasteiger partial charge in [0.15, 0.2) is 0 Å². The van der Waals surface area contributed by atoms with Gasteiger partial charge in [-0.1, -0.05) is 48.0 Å². The third-order valence-electron chi connectivity index (χ3n) is 6.85. The van der Waals surface area contributed by atoms with E-state index in [0.29, 0.717) is 5.56 Å². The molecule has 0 atom stereocenters. The number of rotatable bonds is 5. The molecule has 0 radical (unpaired) electrons. The lowest BCUT2D eigenvalue weighted by atomic mass is 9.99. The maximum absolute atomic E-state index is 9.78. The average molecular weight is 463 g/mol. The highest BCUT2D eigenvalue weighted by molar-refractivity contribution is 5.97. The van der Waals surface area contributed by atoms with Gasteiger partial charge in [0.2, 0.25) is 0 Å². The van der Waals surface area contributed by atoms with Crippen LogP contribution in [0.3, 0.4) is 0 Å². The van der Waals surface area contributed by atoms with Gasteiger partial charge in [-0.25, -0.2) is 0 Å². The summed E-state index contributed by atoms with van der Waals surface area (Å²) in [7, 11) is 0. The maximum atomic E-state index is 9.78. The molecule has 2 heterocycles. The summed E-state index contributed by atoms with van der Waals surface area (Å²) in [5.74, 6) is 0. The summed E-state index contributed by atoms with van der Waals surface area (Å²) in [4.78, 5) is 7.01. The van der Waals surface area contributed by atoms with Crippen LogP contribution in [0, 0.1) is 25.2 Å². The molecule has 0 aliphatic carbocycles. The minimum atomic E-state index is -0.154. The fraction of sp³-hybridized carbons (Fsp3) is 0.267. The van der Waals surface area contributed by atoms with Gasteiger partial charge in [0.1, 0.15) is 6.07 Å². The number of hydrogen-bond donors (Lipinski definition) is 2. The molecule has 3 aromatic carbocycles. The number of nitrogens with one attached hydrogen (secondary N) is 1. The van der Waals surface area contributed by atoms with Gasteiger partial charge in [0.25, 0.3) is 0 Å². The van der Waals surface area contributed by atoms with Gasteiger partial charge >= 0.3 is 0 Å². The minimum absolute atomic E-state index is 0.154. The molecule has 1 fully saturated rings. The van der Waals surface area contributed by atoms with Crippen molar-refractivity contribution in [2.45, 2.75) is 39.3 Å². The van der Waals surface area contributed by atoms with Gasteiger partial charge in [0, 0.05) is 36.9 Å². The zero-order valence-corrected chi connectivity index (χ0v) is 20.3. The molecule has 0 amide bonds. The van der Waals surface area contributed by atoms with Crippen LogP contribution in [0.25, 0.3) is 22.0 Å². The molecular weight excluding hydrogens is 432 g/mol. The van der Waals surface area contributed by atoms with Gasteiger partial charge in [-0.15, -0.1) is 0 Å². The number of piperidine rings is 1. The molecule has 0 bridgehead atoms. The van der Waals surface area contributed by atoms with E-state index in [0.717, 1.165) is 71.4 Å². The van der Waals surface area contributed by atoms with Crippen LogP contribution in [0.4, 0.5) is 11.4 Å². The van der Waals surface area contributed by atoms with Crippen LogP contribution in [-0.2, 0) is 6.54 Å². The number of benzene rings is 3. The maximum Gasteiger partial charge on any atom is 0.103 e. The highest BCUT2D eigenvalue weighted by atomic mass is 16.3. The molecule has 1 aromatic heterocycles. The zero-order valence-electron chi connectivity index (χ0n) is 20.3. The predicted molar refractivity (Wildman–Crippen MR) is 142 cm³/mol. The highest BCUT2D eigenvalue weighted by Gasteiger charge is 2.17. The van der Waals surface area contributed by atoms with Crippen molar-refractivity contribution in [3.8, 4) is 17.2 Å². The van der Waals surface area contributed by atoms with E-state index >= 15 is 0 Å². The summed E-state index contributed by atoms with van der Waals surface area (Å²) in [5, 5.41) is 23.9. The number of hydrogen-bond acceptors (Lipinski definition) is 5. The van der Waals surface area contributed by atoms with E-state index in [9.17, 15) is 10.4 Å². The summed E-state index contributed by atoms with van der Waals surface area (Å²) < 4.78 is 0. The van der Waals surface area contributed by atoms with Gasteiger partial charge in [-0.3, -0.25) is 9.88 Å². The van der Waals surface area contributed by atoms with Crippen LogP contribution >= 0.6 is 0 Å². The van der Waals surface area contributed by atoms with Gasteiger partial charge in [-0.05, 0) is 67.1 Å². The quantitative estimate of drug-likeness (QED) is 0.375. The summed E-state index contributed by atoms with van der Waals surface area (Å²) in [6, 6.07) is 23.5. The van der Waals surface area contributed by atoms with Crippen molar-refractivity contribution in [3.05, 3.63) is 89.1 Å². The summed E-state index contributed by atoms with van der Waals surface area (Å²) in [6.45, 7) is 6.90. The van der Waals surface area contributed by atoms with Crippen molar-refractivity contribution in [3.63, 3.8) is 0 Å². The van der Waals surface area contributed by atoms with Crippen molar-refractivity contribution >= 4 is 22.3 Å². The minimum Gasteiger partial charge on any atom is -0.393 e. The number of aromatic nitrogens is 1. The lowest BCUT2D eigenvalue weighted by Crippen LogP contribution is -2.35. The van der Waals surface area contributed by atoms with Crippen molar-refractivity contribution in [1.82, 2.24) is 9.88 Å². The SMILES string of the molecule is Cc1ccc(Nc2c(C#N)cnc3cc(-c4cccc(CN5CCC(O)CC5)c4)ccc23)c(C)c1. The first kappa shape index (κ1) is 23.0. The molecule has 5 nitrogen and oxygen atoms in total. The van der Waals surface area contributed by atoms with Crippen LogP contribution in [0.5, 0.6) is 0 Å². The molecule has 176 valence electrons. The Bertz CT molecular complexity index is 1410. The average Bonchev–Trinajstić information content (AvgIpc) is 2.87. The highest BCUT2D eigenvalue weighted by Crippen LogP contribution is 2.33. The Kier molecular flexibility index (Phi) is 6.50. The molecule has 35 heavy (non-hydrogen) atoms. The first-order chi connectivity index (χ1) is 17.0. The largest absolute Gasteiger partial charge is 0.393 e. The summed E-state index contributed by atoms with van der Waals surface area (Å²) >= 11 is 0. The molecule has 1 saturated heterocycles. The zero-order chi connectivity index (χ0) is 24.4. The third-order valence-corrected chi connectivity index (χ3v) is 6.85. The van der Waals surface area contributed by atoms with Crippen molar-refractivity contribution in [1.29, 1.82) is 5.26 Å². The number of fused-ring (bicyclic) bond motifs is 1. The predicted octanol–water partition coefficient (Wildman–Crippen LogP) is 6.09. The summed E-state index contributed by atoms with van der Waals surface area (Å²) in [5.41, 5.74) is 9.01. The topological polar surface area (TPSA) is 72.2 Å². The van der Waals surface area contributed by atoms with Gasteiger partial charge < -0.3 is 10.4 Å². The van der Waals surface area contributed by atoms with E-state index in [4.69, 9.17) is 0 Å². The standard InChI is InChI=1S/C30H30N4O/c1-20-6-9-28(21(2)14-20)33-30-25(17-31)18-32-29-16-24(7-8-27(29)30)23-5-3-4-22(15-23)19-34-12-10-26(35)11-13-34/h3-9,14-16,18,26,35H,10-13,19H2,1-2H3,(H,32,33). The van der Waals surface area contributed by atoms with Crippen LogP contribution < -0.4 is 5.32 Å². The van der Waals surface area contributed by atoms with Crippen molar-refractivity contribution < 1.29 is 5.11 Å². The molecule has 0 unspecified atom stereocenters. The lowest BCUT2D eigenvalue weighted by molar-refractivity contribution is 0.0792. The first-order valence-electron chi connectivity index (χ1n) is 12.2. The molecule has 5 rings (SSSR count). The van der Waals surface area contributed by atoms with E-state index in [1.54, 1.807) is 6.20 Å². The van der Waals surface area contributed by atoms with E-state index in [1.165, 1.54) is 11.1 Å². The Morgan fingerprint density at radius 3 is 2.60 bits per heavy atom. The third kappa shape index (κ3) is 5.05. The van der Waals surface area contributed by atoms with E-state index in [2.05, 4.69) is 95.8 Å². The second kappa shape index (κ2) is 9.87. The Hall–Kier alpha value is -3.72. The van der Waals surface area contributed by atoms with Crippen LogP contribution in [0.1, 0.15) is 35.1 Å². The van der Waals surface area contributed by atoms with E-state index in [1.807, 2.05) is 0 Å². The lowest BCUT2D eigenvalue weighted by Gasteiger charge is -2.29. The summed E-state index contributed by atoms with van der Waals surface area (Å²) in [6.07, 6.45) is 3.19. The van der Waals surface area contributed by atoms with Crippen LogP contribution in [0.2, 0.25) is 0 Å². The number of nitriles is 1. The number of anilines is 2. The number of pyridine rings is 1. The second-order valence-corrected chi connectivity index (χ2v) is 9.54. The fourth-order valence-corrected chi connectivity index (χ4v) is 4.87. The number of aryl methyl sites for hydroxylation is 2.